The van der Waals surface area contributed by atoms with Crippen LogP contribution >= 0.6 is 25.3 Å². The monoisotopic (exact) mass is 947 g/mol. The fourth-order valence-electron chi connectivity index (χ4n) is 6.13. The summed E-state index contributed by atoms with van der Waals surface area (Å²) in [6, 6.07) is 0. The molecule has 0 N–H and O–H groups in total. The number of esters is 2. The average molecular weight is 946 g/mol. The molecule has 0 atom stereocenters. The molecule has 0 spiro atoms. The number of unbranched alkanes of at least 4 members (excludes halogenated alkanes) is 26. The van der Waals surface area contributed by atoms with E-state index in [-0.39, 0.29) is 33.1 Å². The van der Waals surface area contributed by atoms with Gasteiger partial charge >= 0.3 is 81.5 Å². The summed E-state index contributed by atoms with van der Waals surface area (Å²) in [7, 11) is 0. The first-order chi connectivity index (χ1) is 28.0. The first-order valence-corrected chi connectivity index (χ1v) is 29.9. The van der Waals surface area contributed by atoms with E-state index in [1.807, 2.05) is 0 Å². The van der Waals surface area contributed by atoms with Gasteiger partial charge in [-0.1, -0.05) is 154 Å². The maximum atomic E-state index is 11.1. The Labute approximate surface area is 378 Å². The van der Waals surface area contributed by atoms with Gasteiger partial charge in [0.05, 0.1) is 26.1 Å². The molecule has 0 aromatic carbocycles. The van der Waals surface area contributed by atoms with Crippen LogP contribution in [0.15, 0.2) is 24.3 Å². The van der Waals surface area contributed by atoms with Gasteiger partial charge < -0.3 is 9.47 Å². The van der Waals surface area contributed by atoms with Crippen LogP contribution in [-0.2, 0) is 19.1 Å². The summed E-state index contributed by atoms with van der Waals surface area (Å²) >= 11 is 8.17. The van der Waals surface area contributed by atoms with Gasteiger partial charge in [-0.05, 0) is 64.2 Å². The van der Waals surface area contributed by atoms with Crippen molar-refractivity contribution in [2.45, 2.75) is 255 Å². The predicted molar refractivity (Wildman–Crippen MR) is 263 cm³/mol. The van der Waals surface area contributed by atoms with Crippen LogP contribution in [0.5, 0.6) is 0 Å². The number of thiol groups is 2. The van der Waals surface area contributed by atoms with Crippen molar-refractivity contribution in [1.29, 1.82) is 0 Å². The zero-order chi connectivity index (χ0) is 42.4. The van der Waals surface area contributed by atoms with Crippen molar-refractivity contribution in [3.63, 3.8) is 0 Å². The van der Waals surface area contributed by atoms with E-state index < -0.39 is 0 Å². The van der Waals surface area contributed by atoms with E-state index in [2.05, 4.69) is 77.3 Å². The van der Waals surface area contributed by atoms with E-state index in [4.69, 9.17) is 9.47 Å². The molecule has 0 aliphatic carbocycles. The predicted octanol–water partition coefficient (Wildman–Crippen LogP) is 16.9. The number of ether oxygens (including phenoxy) is 2. The Balaban J connectivity index is -0.000000843. The van der Waals surface area contributed by atoms with Gasteiger partial charge in [0.25, 0.3) is 0 Å². The molecule has 0 rings (SSSR count). The van der Waals surface area contributed by atoms with Crippen molar-refractivity contribution < 1.29 is 19.1 Å². The van der Waals surface area contributed by atoms with Crippen molar-refractivity contribution in [3.8, 4) is 0 Å². The Morgan fingerprint density at radius 2 is 0.649 bits per heavy atom. The van der Waals surface area contributed by atoms with Crippen molar-refractivity contribution in [1.82, 2.24) is 0 Å². The summed E-state index contributed by atoms with van der Waals surface area (Å²) in [4.78, 5) is 22.3. The quantitative estimate of drug-likeness (QED) is 0.0210. The van der Waals surface area contributed by atoms with E-state index in [1.54, 1.807) is 8.87 Å². The van der Waals surface area contributed by atoms with Crippen LogP contribution in [0.2, 0.25) is 8.87 Å². The van der Waals surface area contributed by atoms with E-state index in [0.717, 1.165) is 12.8 Å². The maximum absolute atomic E-state index is 11.1. The average Bonchev–Trinajstić information content (AvgIpc) is 3.21. The second-order valence-corrected chi connectivity index (χ2v) is 20.9. The number of hydrogen-bond donors (Lipinski definition) is 2. The molecule has 0 saturated carbocycles. The minimum absolute atomic E-state index is 0.113. The van der Waals surface area contributed by atoms with Gasteiger partial charge in [-0.2, -0.15) is 25.3 Å². The molecule has 0 heterocycles. The van der Waals surface area contributed by atoms with Crippen LogP contribution in [0.4, 0.5) is 0 Å². The summed E-state index contributed by atoms with van der Waals surface area (Å²) in [5.74, 6) is 0.925. The minimum atomic E-state index is -0.113. The Morgan fingerprint density at radius 1 is 0.386 bits per heavy atom. The van der Waals surface area contributed by atoms with Crippen LogP contribution in [0.3, 0.4) is 0 Å². The number of allylic oxidation sites excluding steroid dienone is 4. The Bertz CT molecular complexity index is 743. The first kappa shape index (κ1) is 61.2. The molecule has 0 aliphatic heterocycles. The molecule has 57 heavy (non-hydrogen) atoms. The first-order valence-electron chi connectivity index (χ1n) is 24.6. The van der Waals surface area contributed by atoms with Crippen LogP contribution in [0.1, 0.15) is 246 Å². The number of carbonyl (C=O) groups is 2. The van der Waals surface area contributed by atoms with E-state index >= 15 is 0 Å². The molecule has 0 aromatic heterocycles. The third-order valence-electron chi connectivity index (χ3n) is 9.88. The van der Waals surface area contributed by atoms with Crippen LogP contribution in [0, 0.1) is 0 Å². The summed E-state index contributed by atoms with van der Waals surface area (Å²) in [5.41, 5.74) is 0. The summed E-state index contributed by atoms with van der Waals surface area (Å²) in [6.45, 7) is 10.3. The van der Waals surface area contributed by atoms with Crippen molar-refractivity contribution in [2.24, 2.45) is 0 Å². The number of rotatable bonds is 42. The molecule has 338 valence electrons. The molecule has 0 bridgehead atoms. The molecule has 0 saturated heterocycles. The standard InChI is InChI=1S/2C21H40O2S.2C4H9.Sn/c2*1-2-3-4-5-6-7-8-9-10-11-12-13-14-15-16-17-19-23-21(22)18-20-24;2*1-3-4-2;/h2*9-10,24H,2-8,11-20H2,1H3;2*1,3-4H2,2H3;/b2*10-9-;;;. The van der Waals surface area contributed by atoms with Crippen LogP contribution < -0.4 is 0 Å². The van der Waals surface area contributed by atoms with Crippen LogP contribution in [0.25, 0.3) is 0 Å². The molecule has 0 aliphatic rings. The molecule has 4 nitrogen and oxygen atoms in total. The zero-order valence-corrected chi connectivity index (χ0v) is 43.3. The number of carbonyl (C=O) groups excluding carboxylic acids is 2. The molecule has 0 aromatic rings. The van der Waals surface area contributed by atoms with Crippen molar-refractivity contribution in [3.05, 3.63) is 24.3 Å². The molecule has 0 fully saturated rings. The van der Waals surface area contributed by atoms with Gasteiger partial charge in [0, 0.05) is 11.5 Å². The van der Waals surface area contributed by atoms with Gasteiger partial charge in [-0.3, -0.25) is 9.59 Å². The normalized spacial score (nSPS) is 11.1. The van der Waals surface area contributed by atoms with Gasteiger partial charge in [0.1, 0.15) is 0 Å². The second-order valence-electron chi connectivity index (χ2n) is 15.7. The van der Waals surface area contributed by atoms with Crippen LogP contribution in [-0.4, -0.2) is 57.8 Å². The summed E-state index contributed by atoms with van der Waals surface area (Å²) < 4.78 is 13.5. The fraction of sp³-hybridized carbons (Fsp3) is 0.880. The van der Waals surface area contributed by atoms with Gasteiger partial charge in [0.15, 0.2) is 0 Å². The topological polar surface area (TPSA) is 52.6 Å². The molecule has 0 amide bonds. The Kier molecular flexibility index (Phi) is 64.7. The van der Waals surface area contributed by atoms with E-state index in [0.29, 0.717) is 37.6 Å². The van der Waals surface area contributed by atoms with Gasteiger partial charge in [-0.25, -0.2) is 0 Å². The zero-order valence-electron chi connectivity index (χ0n) is 38.6. The van der Waals surface area contributed by atoms with Crippen molar-refractivity contribution in [2.75, 3.05) is 24.7 Å². The Hall–Kier alpha value is -0.0813. The van der Waals surface area contributed by atoms with Gasteiger partial charge in [-0.15, -0.1) is 0 Å². The SMILES string of the molecule is CCCCCCCC/C=C\CCCCCCCCOC(=O)CCS.CCCCCCCC/C=C\CCCCCCCCOC(=O)CCS.CCC[CH2][Sn][CH2]CCC. The summed E-state index contributed by atoms with van der Waals surface area (Å²) in [6.07, 6.45) is 52.5. The Morgan fingerprint density at radius 3 is 0.930 bits per heavy atom. The summed E-state index contributed by atoms with van der Waals surface area (Å²) in [5, 5.41) is 0. The van der Waals surface area contributed by atoms with Crippen molar-refractivity contribution >= 4 is 58.3 Å². The van der Waals surface area contributed by atoms with E-state index in [1.165, 1.54) is 193 Å². The molecule has 0 unspecified atom stereocenters. The fourth-order valence-corrected chi connectivity index (χ4v) is 10.7. The molecular formula is C50H98O4S2Sn. The van der Waals surface area contributed by atoms with Gasteiger partial charge in [0.2, 0.25) is 0 Å². The molecule has 7 heteroatoms. The second kappa shape index (κ2) is 60.2. The number of hydrogen-bond acceptors (Lipinski definition) is 6. The third-order valence-corrected chi connectivity index (χ3v) is 14.4. The molecular weight excluding hydrogens is 847 g/mol. The molecule has 2 radical (unpaired) electrons. The third kappa shape index (κ3) is 65.2. The van der Waals surface area contributed by atoms with E-state index in [9.17, 15) is 9.59 Å².